The average Bonchev–Trinajstić information content (AvgIpc) is 2.52. The molecular weight excluding hydrogens is 341 g/mol. The van der Waals surface area contributed by atoms with Crippen LogP contribution < -0.4 is 11.1 Å². The predicted molar refractivity (Wildman–Crippen MR) is 92.2 cm³/mol. The summed E-state index contributed by atoms with van der Waals surface area (Å²) >= 11 is 0. The topological polar surface area (TPSA) is 55.1 Å². The molecule has 1 amide bonds. The predicted octanol–water partition coefficient (Wildman–Crippen LogP) is 4.25. The zero-order chi connectivity index (χ0) is 17.7. The van der Waals surface area contributed by atoms with E-state index in [4.69, 9.17) is 5.73 Å². The van der Waals surface area contributed by atoms with Crippen LogP contribution in [0.3, 0.4) is 0 Å². The molecule has 7 heteroatoms. The summed E-state index contributed by atoms with van der Waals surface area (Å²) in [6.07, 6.45) is -2.66. The second kappa shape index (κ2) is 9.28. The zero-order valence-electron chi connectivity index (χ0n) is 14.2. The van der Waals surface area contributed by atoms with Gasteiger partial charge in [-0.1, -0.05) is 32.9 Å². The molecule has 138 valence electrons. The number of carbonyl (C=O) groups is 1. The van der Waals surface area contributed by atoms with Crippen LogP contribution in [0.5, 0.6) is 0 Å². The molecule has 1 aromatic carbocycles. The average molecular weight is 367 g/mol. The van der Waals surface area contributed by atoms with Crippen molar-refractivity contribution in [3.63, 3.8) is 0 Å². The van der Waals surface area contributed by atoms with Crippen molar-refractivity contribution in [2.24, 2.45) is 5.73 Å². The summed E-state index contributed by atoms with van der Waals surface area (Å²) in [5.74, 6) is -0.298. The number of alkyl halides is 3. The van der Waals surface area contributed by atoms with Gasteiger partial charge in [0.2, 0.25) is 5.91 Å². The highest BCUT2D eigenvalue weighted by atomic mass is 35.5. The first-order valence-corrected chi connectivity index (χ1v) is 7.85. The quantitative estimate of drug-likeness (QED) is 0.757. The van der Waals surface area contributed by atoms with Crippen LogP contribution in [0.15, 0.2) is 24.3 Å². The van der Waals surface area contributed by atoms with Crippen LogP contribution in [-0.2, 0) is 11.0 Å². The van der Waals surface area contributed by atoms with E-state index in [1.807, 2.05) is 20.8 Å². The van der Waals surface area contributed by atoms with Gasteiger partial charge in [0.1, 0.15) is 0 Å². The number of hydrogen-bond acceptors (Lipinski definition) is 2. The maximum atomic E-state index is 12.6. The largest absolute Gasteiger partial charge is 0.416 e. The summed E-state index contributed by atoms with van der Waals surface area (Å²) in [5.41, 5.74) is 5.37. The third-order valence-corrected chi connectivity index (χ3v) is 4.45. The zero-order valence-corrected chi connectivity index (χ0v) is 15.1. The fourth-order valence-electron chi connectivity index (χ4n) is 2.51. The molecule has 1 atom stereocenters. The lowest BCUT2D eigenvalue weighted by Gasteiger charge is -2.32. The van der Waals surface area contributed by atoms with Crippen molar-refractivity contribution in [3.05, 3.63) is 35.4 Å². The molecule has 3 nitrogen and oxygen atoms in total. The maximum Gasteiger partial charge on any atom is 0.416 e. The normalized spacial score (nSPS) is 13.1. The summed E-state index contributed by atoms with van der Waals surface area (Å²) in [5, 5.41) is 2.97. The van der Waals surface area contributed by atoms with Crippen LogP contribution in [0.25, 0.3) is 0 Å². The van der Waals surface area contributed by atoms with Gasteiger partial charge >= 0.3 is 6.18 Å². The Morgan fingerprint density at radius 1 is 1.17 bits per heavy atom. The Hall–Kier alpha value is -1.27. The monoisotopic (exact) mass is 366 g/mol. The Labute approximate surface area is 147 Å². The van der Waals surface area contributed by atoms with Gasteiger partial charge in [-0.25, -0.2) is 0 Å². The van der Waals surface area contributed by atoms with E-state index in [2.05, 4.69) is 5.32 Å². The van der Waals surface area contributed by atoms with Crippen LogP contribution in [0, 0.1) is 0 Å². The van der Waals surface area contributed by atoms with E-state index in [-0.39, 0.29) is 30.7 Å². The summed E-state index contributed by atoms with van der Waals surface area (Å²) in [7, 11) is 0. The number of benzene rings is 1. The highest BCUT2D eigenvalue weighted by molar-refractivity contribution is 5.85. The number of hydrogen-bond donors (Lipinski definition) is 2. The highest BCUT2D eigenvalue weighted by Crippen LogP contribution is 2.30. The van der Waals surface area contributed by atoms with Crippen LogP contribution in [0.4, 0.5) is 13.2 Å². The number of nitrogens with one attached hydrogen (secondary N) is 1. The molecule has 24 heavy (non-hydrogen) atoms. The second-order valence-electron chi connectivity index (χ2n) is 5.96. The lowest BCUT2D eigenvalue weighted by molar-refractivity contribution is -0.137. The molecule has 1 aromatic rings. The van der Waals surface area contributed by atoms with Gasteiger partial charge in [0.25, 0.3) is 0 Å². The van der Waals surface area contributed by atoms with Crippen molar-refractivity contribution in [2.45, 2.75) is 57.7 Å². The van der Waals surface area contributed by atoms with Crippen molar-refractivity contribution >= 4 is 18.3 Å². The number of nitrogens with two attached hydrogens (primary N) is 1. The minimum absolute atomic E-state index is 0. The second-order valence-corrected chi connectivity index (χ2v) is 5.96. The summed E-state index contributed by atoms with van der Waals surface area (Å²) in [6.45, 7) is 6.12. The van der Waals surface area contributed by atoms with Gasteiger partial charge in [-0.15, -0.1) is 12.4 Å². The lowest BCUT2D eigenvalue weighted by Crippen LogP contribution is -2.53. The molecule has 0 aliphatic heterocycles. The Bertz CT molecular complexity index is 505. The van der Waals surface area contributed by atoms with E-state index < -0.39 is 17.3 Å². The lowest BCUT2D eigenvalue weighted by atomic mass is 9.91. The molecule has 0 aromatic heterocycles. The van der Waals surface area contributed by atoms with Crippen molar-refractivity contribution in [1.82, 2.24) is 5.32 Å². The molecule has 1 unspecified atom stereocenters. The molecule has 3 N–H and O–H groups in total. The smallest absolute Gasteiger partial charge is 0.349 e. The first kappa shape index (κ1) is 22.7. The molecule has 0 spiro atoms. The van der Waals surface area contributed by atoms with Gasteiger partial charge in [-0.05, 0) is 36.5 Å². The van der Waals surface area contributed by atoms with Gasteiger partial charge in [0, 0.05) is 13.0 Å². The summed E-state index contributed by atoms with van der Waals surface area (Å²) in [4.78, 5) is 12.2. The van der Waals surface area contributed by atoms with Crippen LogP contribution in [0.1, 0.15) is 57.1 Å². The van der Waals surface area contributed by atoms with Crippen molar-refractivity contribution < 1.29 is 18.0 Å². The third kappa shape index (κ3) is 5.98. The Morgan fingerprint density at radius 2 is 1.67 bits per heavy atom. The van der Waals surface area contributed by atoms with Crippen molar-refractivity contribution in [2.75, 3.05) is 6.54 Å². The van der Waals surface area contributed by atoms with Gasteiger partial charge in [-0.2, -0.15) is 13.2 Å². The van der Waals surface area contributed by atoms with E-state index >= 15 is 0 Å². The molecule has 1 rings (SSSR count). The van der Waals surface area contributed by atoms with E-state index in [1.54, 1.807) is 0 Å². The van der Waals surface area contributed by atoms with Gasteiger partial charge in [0.15, 0.2) is 0 Å². The van der Waals surface area contributed by atoms with Crippen molar-refractivity contribution in [3.8, 4) is 0 Å². The SMILES string of the molecule is CCC(CC)(CN)NC(=O)CC(C)c1ccc(C(F)(F)F)cc1.Cl. The van der Waals surface area contributed by atoms with Crippen LogP contribution in [-0.4, -0.2) is 18.0 Å². The first-order valence-electron chi connectivity index (χ1n) is 7.85. The minimum Gasteiger partial charge on any atom is -0.349 e. The molecule has 0 heterocycles. The molecule has 0 saturated heterocycles. The fourth-order valence-corrected chi connectivity index (χ4v) is 2.51. The molecular formula is C17H26ClF3N2O. The molecule has 0 aliphatic rings. The Kier molecular flexibility index (Phi) is 8.78. The van der Waals surface area contributed by atoms with E-state index in [0.29, 0.717) is 12.1 Å². The van der Waals surface area contributed by atoms with Crippen LogP contribution >= 0.6 is 12.4 Å². The Morgan fingerprint density at radius 3 is 2.04 bits per heavy atom. The van der Waals surface area contributed by atoms with E-state index in [9.17, 15) is 18.0 Å². The summed E-state index contributed by atoms with van der Waals surface area (Å²) < 4.78 is 37.7. The number of halogens is 4. The maximum absolute atomic E-state index is 12.6. The first-order chi connectivity index (χ1) is 10.7. The highest BCUT2D eigenvalue weighted by Gasteiger charge is 2.30. The molecule has 0 bridgehead atoms. The summed E-state index contributed by atoms with van der Waals surface area (Å²) in [6, 6.07) is 4.95. The van der Waals surface area contributed by atoms with Crippen molar-refractivity contribution in [1.29, 1.82) is 0 Å². The standard InChI is InChI=1S/C17H25F3N2O.ClH/c1-4-16(5-2,11-21)22-15(23)10-12(3)13-6-8-14(9-7-13)17(18,19)20;/h6-9,12H,4-5,10-11,21H2,1-3H3,(H,22,23);1H. The molecule has 0 fully saturated rings. The van der Waals surface area contributed by atoms with Gasteiger partial charge in [0.05, 0.1) is 11.1 Å². The number of amides is 1. The van der Waals surface area contributed by atoms with E-state index in [1.165, 1.54) is 12.1 Å². The molecule has 0 aliphatic carbocycles. The van der Waals surface area contributed by atoms with Gasteiger partial charge in [-0.3, -0.25) is 4.79 Å². The molecule has 0 saturated carbocycles. The molecule has 0 radical (unpaired) electrons. The third-order valence-electron chi connectivity index (χ3n) is 4.45. The number of rotatable bonds is 7. The number of carbonyl (C=O) groups excluding carboxylic acids is 1. The Balaban J connectivity index is 0.00000529. The minimum atomic E-state index is -4.35. The van der Waals surface area contributed by atoms with Gasteiger partial charge < -0.3 is 11.1 Å². The van der Waals surface area contributed by atoms with E-state index in [0.717, 1.165) is 25.0 Å². The fraction of sp³-hybridized carbons (Fsp3) is 0.588. The van der Waals surface area contributed by atoms with Crippen LogP contribution in [0.2, 0.25) is 0 Å².